The highest BCUT2D eigenvalue weighted by molar-refractivity contribution is 7.89. The van der Waals surface area contributed by atoms with Crippen LogP contribution in [0.3, 0.4) is 0 Å². The number of nitrogens with zero attached hydrogens (tertiary/aromatic N) is 2. The van der Waals surface area contributed by atoms with Crippen molar-refractivity contribution in [3.05, 3.63) is 57.8 Å². The first-order valence-electron chi connectivity index (χ1n) is 7.98. The number of H-pyrrole nitrogens is 1. The van der Waals surface area contributed by atoms with Crippen LogP contribution in [0.15, 0.2) is 44.7 Å². The SMILES string of the molecule is Cc1oc2nc[nH]c(=O)c2c1C(=O)NCc1ccc(S(=O)(=O)N(C)C)cc1. The summed E-state index contributed by atoms with van der Waals surface area (Å²) in [7, 11) is -0.595. The topological polar surface area (TPSA) is 125 Å². The molecule has 0 spiro atoms. The fraction of sp³-hybridized carbons (Fsp3) is 0.235. The average molecular weight is 390 g/mol. The predicted octanol–water partition coefficient (Wildman–Crippen LogP) is 1.00. The Labute approximate surface area is 155 Å². The Morgan fingerprint density at radius 2 is 1.93 bits per heavy atom. The van der Waals surface area contributed by atoms with Crippen LogP contribution in [0.1, 0.15) is 21.7 Å². The number of sulfonamides is 1. The largest absolute Gasteiger partial charge is 0.442 e. The number of nitrogens with one attached hydrogen (secondary N) is 2. The van der Waals surface area contributed by atoms with Gasteiger partial charge in [0.05, 0.1) is 16.8 Å². The van der Waals surface area contributed by atoms with Gasteiger partial charge in [-0.1, -0.05) is 12.1 Å². The molecule has 0 aliphatic rings. The van der Waals surface area contributed by atoms with E-state index in [2.05, 4.69) is 15.3 Å². The molecule has 2 aromatic heterocycles. The number of hydrogen-bond donors (Lipinski definition) is 2. The summed E-state index contributed by atoms with van der Waals surface area (Å²) in [6.45, 7) is 1.74. The van der Waals surface area contributed by atoms with Crippen molar-refractivity contribution in [2.75, 3.05) is 14.1 Å². The van der Waals surface area contributed by atoms with Gasteiger partial charge in [-0.15, -0.1) is 0 Å². The van der Waals surface area contributed by atoms with E-state index < -0.39 is 21.5 Å². The van der Waals surface area contributed by atoms with E-state index >= 15 is 0 Å². The van der Waals surface area contributed by atoms with Crippen molar-refractivity contribution in [3.8, 4) is 0 Å². The minimum atomic E-state index is -3.51. The van der Waals surface area contributed by atoms with Gasteiger partial charge in [-0.2, -0.15) is 0 Å². The quantitative estimate of drug-likeness (QED) is 0.670. The minimum Gasteiger partial charge on any atom is -0.442 e. The van der Waals surface area contributed by atoms with Gasteiger partial charge in [0.1, 0.15) is 11.1 Å². The van der Waals surface area contributed by atoms with Crippen LogP contribution in [0.25, 0.3) is 11.1 Å². The van der Waals surface area contributed by atoms with E-state index in [1.165, 1.54) is 32.6 Å². The third-order valence-corrected chi connectivity index (χ3v) is 5.88. The summed E-state index contributed by atoms with van der Waals surface area (Å²) in [4.78, 5) is 31.0. The van der Waals surface area contributed by atoms with Gasteiger partial charge in [-0.05, 0) is 24.6 Å². The molecule has 0 aliphatic carbocycles. The zero-order valence-corrected chi connectivity index (χ0v) is 15.8. The average Bonchev–Trinajstić information content (AvgIpc) is 2.97. The van der Waals surface area contributed by atoms with Crippen molar-refractivity contribution in [1.82, 2.24) is 19.6 Å². The number of furan rings is 1. The van der Waals surface area contributed by atoms with Gasteiger partial charge in [0.2, 0.25) is 15.7 Å². The van der Waals surface area contributed by atoms with Crippen molar-refractivity contribution >= 4 is 27.0 Å². The Hall–Kier alpha value is -2.98. The number of aromatic amines is 1. The van der Waals surface area contributed by atoms with E-state index in [1.54, 1.807) is 19.1 Å². The summed E-state index contributed by atoms with van der Waals surface area (Å²) < 4.78 is 30.6. The monoisotopic (exact) mass is 390 g/mol. The molecule has 0 unspecified atom stereocenters. The van der Waals surface area contributed by atoms with Crippen molar-refractivity contribution in [1.29, 1.82) is 0 Å². The van der Waals surface area contributed by atoms with E-state index in [1.807, 2.05) is 0 Å². The molecule has 2 N–H and O–H groups in total. The first-order chi connectivity index (χ1) is 12.7. The van der Waals surface area contributed by atoms with Gasteiger partial charge in [0.15, 0.2) is 0 Å². The zero-order chi connectivity index (χ0) is 19.8. The van der Waals surface area contributed by atoms with E-state index in [4.69, 9.17) is 4.42 Å². The lowest BCUT2D eigenvalue weighted by Crippen LogP contribution is -2.25. The molecule has 0 aliphatic heterocycles. The molecule has 9 nitrogen and oxygen atoms in total. The molecular weight excluding hydrogens is 372 g/mol. The molecule has 0 saturated carbocycles. The molecule has 0 radical (unpaired) electrons. The molecule has 0 saturated heterocycles. The second kappa shape index (κ2) is 6.97. The van der Waals surface area contributed by atoms with E-state index in [0.717, 1.165) is 4.31 Å². The zero-order valence-electron chi connectivity index (χ0n) is 14.9. The Bertz CT molecular complexity index is 1160. The smallest absolute Gasteiger partial charge is 0.262 e. The third kappa shape index (κ3) is 3.49. The first kappa shape index (κ1) is 18.8. The molecule has 0 fully saturated rings. The van der Waals surface area contributed by atoms with Crippen LogP contribution in [0.2, 0.25) is 0 Å². The summed E-state index contributed by atoms with van der Waals surface area (Å²) in [6, 6.07) is 6.19. The number of aromatic nitrogens is 2. The number of fused-ring (bicyclic) bond motifs is 1. The predicted molar refractivity (Wildman–Crippen MR) is 97.9 cm³/mol. The summed E-state index contributed by atoms with van der Waals surface area (Å²) in [5, 5.41) is 2.80. The number of amides is 1. The Morgan fingerprint density at radius 1 is 1.26 bits per heavy atom. The maximum atomic E-state index is 12.5. The van der Waals surface area contributed by atoms with Gasteiger partial charge in [-0.3, -0.25) is 9.59 Å². The summed E-state index contributed by atoms with van der Waals surface area (Å²) >= 11 is 0. The van der Waals surface area contributed by atoms with Crippen LogP contribution >= 0.6 is 0 Å². The molecule has 142 valence electrons. The third-order valence-electron chi connectivity index (χ3n) is 4.05. The minimum absolute atomic E-state index is 0.0969. The van der Waals surface area contributed by atoms with Crippen LogP contribution < -0.4 is 10.9 Å². The van der Waals surface area contributed by atoms with Gasteiger partial charge in [0, 0.05) is 20.6 Å². The molecule has 1 aromatic carbocycles. The van der Waals surface area contributed by atoms with Gasteiger partial charge in [0.25, 0.3) is 11.5 Å². The lowest BCUT2D eigenvalue weighted by Gasteiger charge is -2.12. The van der Waals surface area contributed by atoms with E-state index in [0.29, 0.717) is 11.3 Å². The first-order valence-corrected chi connectivity index (χ1v) is 9.42. The second-order valence-electron chi connectivity index (χ2n) is 6.06. The second-order valence-corrected chi connectivity index (χ2v) is 8.21. The van der Waals surface area contributed by atoms with Gasteiger partial charge in [-0.25, -0.2) is 17.7 Å². The molecule has 3 rings (SSSR count). The van der Waals surface area contributed by atoms with Crippen LogP contribution in [0, 0.1) is 6.92 Å². The molecule has 27 heavy (non-hydrogen) atoms. The highest BCUT2D eigenvalue weighted by atomic mass is 32.2. The molecular formula is C17H18N4O5S. The van der Waals surface area contributed by atoms with E-state index in [-0.39, 0.29) is 28.1 Å². The van der Waals surface area contributed by atoms with Gasteiger partial charge < -0.3 is 14.7 Å². The van der Waals surface area contributed by atoms with Crippen molar-refractivity contribution in [2.24, 2.45) is 0 Å². The molecule has 1 amide bonds. The van der Waals surface area contributed by atoms with Crippen LogP contribution in [-0.4, -0.2) is 42.7 Å². The number of hydrogen-bond acceptors (Lipinski definition) is 6. The normalized spacial score (nSPS) is 11.9. The fourth-order valence-corrected chi connectivity index (χ4v) is 3.49. The lowest BCUT2D eigenvalue weighted by atomic mass is 10.1. The molecule has 0 atom stereocenters. The van der Waals surface area contributed by atoms with Crippen molar-refractivity contribution in [3.63, 3.8) is 0 Å². The summed E-state index contributed by atoms with van der Waals surface area (Å²) in [5.41, 5.74) is 0.476. The highest BCUT2D eigenvalue weighted by Crippen LogP contribution is 2.20. The molecule has 0 bridgehead atoms. The van der Waals surface area contributed by atoms with Crippen molar-refractivity contribution < 1.29 is 17.6 Å². The van der Waals surface area contributed by atoms with Gasteiger partial charge >= 0.3 is 0 Å². The number of rotatable bonds is 5. The maximum absolute atomic E-state index is 12.5. The highest BCUT2D eigenvalue weighted by Gasteiger charge is 2.21. The number of benzene rings is 1. The molecule has 2 heterocycles. The standard InChI is InChI=1S/C17H18N4O5S/c1-10-13(14-16(23)19-9-20-17(14)26-10)15(22)18-8-11-4-6-12(7-5-11)27(24,25)21(2)3/h4-7,9H,8H2,1-3H3,(H,18,22)(H,19,20,23). The Morgan fingerprint density at radius 3 is 2.56 bits per heavy atom. The molecule has 3 aromatic rings. The summed E-state index contributed by atoms with van der Waals surface area (Å²) in [5.74, 6) is -0.186. The van der Waals surface area contributed by atoms with Crippen LogP contribution in [-0.2, 0) is 16.6 Å². The number of carbonyl (C=O) groups is 1. The van der Waals surface area contributed by atoms with Crippen LogP contribution in [0.5, 0.6) is 0 Å². The maximum Gasteiger partial charge on any atom is 0.262 e. The Kier molecular flexibility index (Phi) is 4.85. The van der Waals surface area contributed by atoms with Crippen molar-refractivity contribution in [2.45, 2.75) is 18.4 Å². The van der Waals surface area contributed by atoms with Crippen LogP contribution in [0.4, 0.5) is 0 Å². The number of carbonyl (C=O) groups excluding carboxylic acids is 1. The summed E-state index contributed by atoms with van der Waals surface area (Å²) in [6.07, 6.45) is 1.21. The molecule has 10 heteroatoms. The van der Waals surface area contributed by atoms with E-state index in [9.17, 15) is 18.0 Å². The fourth-order valence-electron chi connectivity index (χ4n) is 2.59. The Balaban J connectivity index is 1.79. The lowest BCUT2D eigenvalue weighted by molar-refractivity contribution is 0.0950. The number of aryl methyl sites for hydroxylation is 1.